The topological polar surface area (TPSA) is 83.7 Å². The Morgan fingerprint density at radius 2 is 1.87 bits per heavy atom. The molecule has 0 saturated carbocycles. The van der Waals surface area contributed by atoms with Gasteiger partial charge in [-0.2, -0.15) is 5.10 Å². The molecule has 2 amide bonds. The van der Waals surface area contributed by atoms with Gasteiger partial charge in [0.2, 0.25) is 5.91 Å². The van der Waals surface area contributed by atoms with E-state index in [-0.39, 0.29) is 18.4 Å². The number of hydrazone groups is 1. The minimum absolute atomic E-state index is 0.109. The van der Waals surface area contributed by atoms with E-state index in [1.54, 1.807) is 19.1 Å². The van der Waals surface area contributed by atoms with Crippen LogP contribution in [0.15, 0.2) is 58.2 Å². The Kier molecular flexibility index (Phi) is 6.11. The molecule has 0 saturated heterocycles. The van der Waals surface area contributed by atoms with Crippen LogP contribution in [0, 0.1) is 0 Å². The van der Waals surface area contributed by atoms with Gasteiger partial charge in [-0.25, -0.2) is 5.43 Å². The van der Waals surface area contributed by atoms with E-state index >= 15 is 0 Å². The molecule has 1 heterocycles. The van der Waals surface area contributed by atoms with Gasteiger partial charge < -0.3 is 9.73 Å². The Morgan fingerprint density at radius 1 is 1.09 bits per heavy atom. The first-order valence-corrected chi connectivity index (χ1v) is 7.33. The Labute approximate surface area is 134 Å². The third-order valence-corrected chi connectivity index (χ3v) is 3.16. The maximum atomic E-state index is 11.7. The summed E-state index contributed by atoms with van der Waals surface area (Å²) in [7, 11) is 0. The van der Waals surface area contributed by atoms with Gasteiger partial charge in [-0.15, -0.1) is 0 Å². The second-order valence-corrected chi connectivity index (χ2v) is 4.97. The molecular formula is C17H19N3O3. The van der Waals surface area contributed by atoms with Crippen molar-refractivity contribution in [2.75, 3.05) is 6.54 Å². The molecule has 6 nitrogen and oxygen atoms in total. The predicted molar refractivity (Wildman–Crippen MR) is 86.8 cm³/mol. The molecule has 2 rings (SSSR count). The molecule has 0 atom stereocenters. The van der Waals surface area contributed by atoms with Crippen molar-refractivity contribution in [1.82, 2.24) is 10.7 Å². The van der Waals surface area contributed by atoms with Crippen LogP contribution >= 0.6 is 0 Å². The second kappa shape index (κ2) is 8.53. The number of nitrogens with one attached hydrogen (secondary N) is 2. The van der Waals surface area contributed by atoms with Crippen molar-refractivity contribution in [3.05, 3.63) is 60.1 Å². The summed E-state index contributed by atoms with van der Waals surface area (Å²) < 4.78 is 5.15. The van der Waals surface area contributed by atoms with Crippen molar-refractivity contribution in [2.45, 2.75) is 19.8 Å². The van der Waals surface area contributed by atoms with Gasteiger partial charge in [-0.1, -0.05) is 30.3 Å². The van der Waals surface area contributed by atoms with E-state index in [1.807, 2.05) is 30.3 Å². The number of nitrogens with zero attached hydrogens (tertiary/aromatic N) is 1. The quantitative estimate of drug-likeness (QED) is 0.604. The van der Waals surface area contributed by atoms with Crippen LogP contribution in [0.3, 0.4) is 0 Å². The smallest absolute Gasteiger partial charge is 0.259 e. The summed E-state index contributed by atoms with van der Waals surface area (Å²) in [4.78, 5) is 23.3. The molecule has 1 aromatic heterocycles. The first kappa shape index (κ1) is 16.5. The fourth-order valence-corrected chi connectivity index (χ4v) is 1.90. The van der Waals surface area contributed by atoms with E-state index < -0.39 is 0 Å². The van der Waals surface area contributed by atoms with E-state index in [0.29, 0.717) is 24.3 Å². The molecule has 120 valence electrons. The molecule has 0 aliphatic carbocycles. The molecular weight excluding hydrogens is 294 g/mol. The largest absolute Gasteiger partial charge is 0.463 e. The van der Waals surface area contributed by atoms with Crippen LogP contribution in [0.4, 0.5) is 0 Å². The average molecular weight is 313 g/mol. The van der Waals surface area contributed by atoms with Crippen molar-refractivity contribution < 1.29 is 14.0 Å². The highest BCUT2D eigenvalue weighted by Crippen LogP contribution is 2.02. The van der Waals surface area contributed by atoms with Crippen LogP contribution in [0.1, 0.15) is 24.7 Å². The van der Waals surface area contributed by atoms with Gasteiger partial charge in [0, 0.05) is 6.42 Å². The molecule has 0 radical (unpaired) electrons. The Morgan fingerprint density at radius 3 is 2.57 bits per heavy atom. The van der Waals surface area contributed by atoms with E-state index in [0.717, 1.165) is 5.56 Å². The highest BCUT2D eigenvalue weighted by Gasteiger charge is 2.06. The van der Waals surface area contributed by atoms with Crippen LogP contribution in [-0.4, -0.2) is 24.1 Å². The molecule has 0 unspecified atom stereocenters. The number of hydrogen-bond donors (Lipinski definition) is 2. The van der Waals surface area contributed by atoms with Crippen LogP contribution in [0.25, 0.3) is 0 Å². The lowest BCUT2D eigenvalue weighted by atomic mass is 10.1. The zero-order chi connectivity index (χ0) is 16.5. The predicted octanol–water partition coefficient (Wildman–Crippen LogP) is 1.87. The normalized spacial score (nSPS) is 11.1. The summed E-state index contributed by atoms with van der Waals surface area (Å²) in [5.41, 5.74) is 4.02. The third-order valence-electron chi connectivity index (χ3n) is 3.16. The van der Waals surface area contributed by atoms with Crippen LogP contribution in [-0.2, 0) is 16.0 Å². The molecule has 0 fully saturated rings. The first-order valence-electron chi connectivity index (χ1n) is 7.33. The monoisotopic (exact) mass is 313 g/mol. The van der Waals surface area contributed by atoms with E-state index in [9.17, 15) is 9.59 Å². The summed E-state index contributed by atoms with van der Waals surface area (Å²) >= 11 is 0. The van der Waals surface area contributed by atoms with Crippen LogP contribution < -0.4 is 10.7 Å². The molecule has 0 spiro atoms. The van der Waals surface area contributed by atoms with Crippen molar-refractivity contribution in [1.29, 1.82) is 0 Å². The van der Waals surface area contributed by atoms with Crippen LogP contribution in [0.5, 0.6) is 0 Å². The number of rotatable bonds is 7. The van der Waals surface area contributed by atoms with Gasteiger partial charge in [0.25, 0.3) is 5.91 Å². The van der Waals surface area contributed by atoms with Crippen LogP contribution in [0.2, 0.25) is 0 Å². The maximum Gasteiger partial charge on any atom is 0.259 e. The maximum absolute atomic E-state index is 11.7. The van der Waals surface area contributed by atoms with Gasteiger partial charge in [-0.05, 0) is 31.0 Å². The summed E-state index contributed by atoms with van der Waals surface area (Å²) in [5.74, 6) is 0.0249. The molecule has 2 N–H and O–H groups in total. The van der Waals surface area contributed by atoms with Crippen molar-refractivity contribution in [2.24, 2.45) is 5.10 Å². The molecule has 6 heteroatoms. The molecule has 2 aromatic rings. The number of benzene rings is 1. The molecule has 23 heavy (non-hydrogen) atoms. The first-order chi connectivity index (χ1) is 11.1. The van der Waals surface area contributed by atoms with Gasteiger partial charge in [0.05, 0.1) is 12.8 Å². The van der Waals surface area contributed by atoms with Crippen molar-refractivity contribution in [3.8, 4) is 0 Å². The van der Waals surface area contributed by atoms with E-state index in [1.165, 1.54) is 6.26 Å². The number of carbonyl (C=O) groups is 2. The zero-order valence-corrected chi connectivity index (χ0v) is 12.9. The van der Waals surface area contributed by atoms with Gasteiger partial charge in [0.1, 0.15) is 11.5 Å². The van der Waals surface area contributed by atoms with E-state index in [2.05, 4.69) is 15.8 Å². The Bertz CT molecular complexity index is 664. The van der Waals surface area contributed by atoms with Crippen molar-refractivity contribution in [3.63, 3.8) is 0 Å². The Balaban J connectivity index is 1.67. The molecule has 1 aromatic carbocycles. The number of furan rings is 1. The minimum Gasteiger partial charge on any atom is -0.463 e. The molecule has 0 aliphatic rings. The standard InChI is InChI=1S/C17H19N3O3/c1-13(15-8-5-11-23-15)19-20-17(22)12-18-16(21)10-9-14-6-3-2-4-7-14/h2-8,11H,9-10,12H2,1H3,(H,18,21)(H,20,22). The minimum atomic E-state index is -0.385. The van der Waals surface area contributed by atoms with Crippen molar-refractivity contribution >= 4 is 17.5 Å². The third kappa shape index (κ3) is 5.78. The van der Waals surface area contributed by atoms with E-state index in [4.69, 9.17) is 4.42 Å². The SMILES string of the molecule is CC(=NNC(=O)CNC(=O)CCc1ccccc1)c1ccco1. The molecule has 0 bridgehead atoms. The zero-order valence-electron chi connectivity index (χ0n) is 12.9. The van der Waals surface area contributed by atoms with Gasteiger partial charge in [-0.3, -0.25) is 9.59 Å². The lowest BCUT2D eigenvalue weighted by Crippen LogP contribution is -2.35. The average Bonchev–Trinajstić information content (AvgIpc) is 3.11. The highest BCUT2D eigenvalue weighted by molar-refractivity contribution is 5.97. The summed E-state index contributed by atoms with van der Waals surface area (Å²) in [5, 5.41) is 6.48. The number of carbonyl (C=O) groups excluding carboxylic acids is 2. The van der Waals surface area contributed by atoms with Gasteiger partial charge in [0.15, 0.2) is 0 Å². The lowest BCUT2D eigenvalue weighted by molar-refractivity contribution is -0.126. The Hall–Kier alpha value is -2.89. The lowest BCUT2D eigenvalue weighted by Gasteiger charge is -2.05. The highest BCUT2D eigenvalue weighted by atomic mass is 16.3. The summed E-state index contributed by atoms with van der Waals surface area (Å²) in [6, 6.07) is 13.2. The summed E-state index contributed by atoms with van der Waals surface area (Å²) in [6.45, 7) is 1.61. The summed E-state index contributed by atoms with van der Waals surface area (Å²) in [6.07, 6.45) is 2.51. The van der Waals surface area contributed by atoms with Gasteiger partial charge >= 0.3 is 0 Å². The molecule has 0 aliphatic heterocycles. The number of amides is 2. The fourth-order valence-electron chi connectivity index (χ4n) is 1.90. The number of aryl methyl sites for hydroxylation is 1. The second-order valence-electron chi connectivity index (χ2n) is 4.97. The fraction of sp³-hybridized carbons (Fsp3) is 0.235. The number of hydrogen-bond acceptors (Lipinski definition) is 4.